The quantitative estimate of drug-likeness (QED) is 0.546. The zero-order chi connectivity index (χ0) is 22.4. The molecule has 0 spiro atoms. The van der Waals surface area contributed by atoms with Crippen LogP contribution in [0.4, 0.5) is 0 Å². The Morgan fingerprint density at radius 1 is 0.774 bits per heavy atom. The molecule has 3 rings (SSSR count). The first-order chi connectivity index (χ1) is 15.1. The zero-order valence-corrected chi connectivity index (χ0v) is 18.9. The molecule has 0 amide bonds. The largest absolute Gasteiger partial charge is 0.493 e. The van der Waals surface area contributed by atoms with E-state index in [0.717, 1.165) is 41.5 Å². The molecule has 31 heavy (non-hydrogen) atoms. The normalized spacial score (nSPS) is 18.9. The lowest BCUT2D eigenvalue weighted by molar-refractivity contribution is -0.113. The maximum Gasteiger partial charge on any atom is 0.185 e. The summed E-state index contributed by atoms with van der Waals surface area (Å²) >= 11 is 0. The number of ketones is 1. The number of methoxy groups -OCH3 is 4. The molecule has 0 unspecified atom stereocenters. The Labute approximate surface area is 184 Å². The van der Waals surface area contributed by atoms with Crippen LogP contribution in [0.2, 0.25) is 0 Å². The zero-order valence-electron chi connectivity index (χ0n) is 18.9. The van der Waals surface area contributed by atoms with Crippen molar-refractivity contribution in [3.05, 3.63) is 58.7 Å². The van der Waals surface area contributed by atoms with Gasteiger partial charge in [-0.2, -0.15) is 0 Å². The van der Waals surface area contributed by atoms with Gasteiger partial charge in [-0.05, 0) is 43.0 Å². The van der Waals surface area contributed by atoms with Crippen LogP contribution in [0, 0.1) is 5.92 Å². The van der Waals surface area contributed by atoms with E-state index in [1.54, 1.807) is 28.4 Å². The van der Waals surface area contributed by atoms with Crippen molar-refractivity contribution in [3.8, 4) is 23.0 Å². The number of ether oxygens (including phenoxy) is 4. The van der Waals surface area contributed by atoms with Crippen molar-refractivity contribution in [3.63, 3.8) is 0 Å². The Hall–Kier alpha value is -3.21. The Kier molecular flexibility index (Phi) is 7.40. The van der Waals surface area contributed by atoms with Gasteiger partial charge in [0.25, 0.3) is 0 Å². The Morgan fingerprint density at radius 2 is 1.23 bits per heavy atom. The van der Waals surface area contributed by atoms with Gasteiger partial charge < -0.3 is 18.9 Å². The van der Waals surface area contributed by atoms with Gasteiger partial charge in [0.15, 0.2) is 28.8 Å². The fourth-order valence-electron chi connectivity index (χ4n) is 4.05. The molecule has 164 valence electrons. The molecule has 0 radical (unpaired) electrons. The number of hydrogen-bond acceptors (Lipinski definition) is 5. The van der Waals surface area contributed by atoms with Crippen LogP contribution in [-0.4, -0.2) is 34.2 Å². The number of hydrogen-bond donors (Lipinski definition) is 0. The molecule has 5 heteroatoms. The van der Waals surface area contributed by atoms with Crippen molar-refractivity contribution in [2.75, 3.05) is 28.4 Å². The average molecular weight is 423 g/mol. The number of carbonyl (C=O) groups excluding carboxylic acids is 1. The standard InChI is InChI=1S/C26H30O5/c1-6-17-13-20(15-18-9-7-11-22(28-2)25(18)30-4)24(27)21(14-17)16-19-10-8-12-23(29-3)26(19)31-5/h7-12,15-17H,6,13-14H2,1-5H3/b20-15+,21-16+. The maximum atomic E-state index is 13.4. The molecule has 1 aliphatic rings. The highest BCUT2D eigenvalue weighted by Crippen LogP contribution is 2.39. The summed E-state index contributed by atoms with van der Waals surface area (Å²) in [4.78, 5) is 13.4. The molecule has 5 nitrogen and oxygen atoms in total. The fraction of sp³-hybridized carbons (Fsp3) is 0.346. The summed E-state index contributed by atoms with van der Waals surface area (Å²) in [6.45, 7) is 2.16. The lowest BCUT2D eigenvalue weighted by Crippen LogP contribution is -2.19. The topological polar surface area (TPSA) is 54.0 Å². The summed E-state index contributed by atoms with van der Waals surface area (Å²) in [6, 6.07) is 11.4. The van der Waals surface area contributed by atoms with E-state index in [9.17, 15) is 4.79 Å². The summed E-state index contributed by atoms with van der Waals surface area (Å²) in [5, 5.41) is 0. The van der Waals surface area contributed by atoms with E-state index in [1.165, 1.54) is 0 Å². The minimum atomic E-state index is 0.0550. The summed E-state index contributed by atoms with van der Waals surface area (Å²) in [5.41, 5.74) is 3.22. The summed E-state index contributed by atoms with van der Waals surface area (Å²) < 4.78 is 21.9. The molecule has 1 aliphatic carbocycles. The molecule has 0 N–H and O–H groups in total. The van der Waals surface area contributed by atoms with Crippen LogP contribution < -0.4 is 18.9 Å². The second-order valence-corrected chi connectivity index (χ2v) is 7.52. The smallest absolute Gasteiger partial charge is 0.185 e. The number of Topliss-reactive ketones (excluding diaryl/α,β-unsaturated/α-hetero) is 1. The molecule has 0 heterocycles. The van der Waals surface area contributed by atoms with E-state index >= 15 is 0 Å². The van der Waals surface area contributed by atoms with E-state index in [-0.39, 0.29) is 5.78 Å². The first-order valence-electron chi connectivity index (χ1n) is 10.4. The molecule has 0 saturated heterocycles. The second kappa shape index (κ2) is 10.2. The Balaban J connectivity index is 2.06. The van der Waals surface area contributed by atoms with E-state index in [4.69, 9.17) is 18.9 Å². The van der Waals surface area contributed by atoms with Crippen molar-refractivity contribution >= 4 is 17.9 Å². The Bertz CT molecular complexity index is 925. The number of para-hydroxylation sites is 2. The van der Waals surface area contributed by atoms with Gasteiger partial charge in [-0.3, -0.25) is 4.79 Å². The molecule has 0 bridgehead atoms. The summed E-state index contributed by atoms with van der Waals surface area (Å²) in [5.74, 6) is 2.99. The fourth-order valence-corrected chi connectivity index (χ4v) is 4.05. The minimum Gasteiger partial charge on any atom is -0.493 e. The highest BCUT2D eigenvalue weighted by Gasteiger charge is 2.28. The monoisotopic (exact) mass is 422 g/mol. The Morgan fingerprint density at radius 3 is 1.58 bits per heavy atom. The molecule has 2 aromatic carbocycles. The maximum absolute atomic E-state index is 13.4. The third-order valence-electron chi connectivity index (χ3n) is 5.70. The van der Waals surface area contributed by atoms with Gasteiger partial charge in [-0.15, -0.1) is 0 Å². The number of carbonyl (C=O) groups is 1. The van der Waals surface area contributed by atoms with Gasteiger partial charge in [-0.1, -0.05) is 37.6 Å². The lowest BCUT2D eigenvalue weighted by atomic mass is 9.78. The SMILES string of the molecule is CCC1C/C(=C\c2cccc(OC)c2OC)C(=O)/C(=C/c2cccc(OC)c2OC)C1. The number of allylic oxidation sites excluding steroid dienone is 2. The third kappa shape index (κ3) is 4.76. The molecule has 0 aliphatic heterocycles. The molecule has 2 aromatic rings. The van der Waals surface area contributed by atoms with Gasteiger partial charge in [0, 0.05) is 22.3 Å². The molecule has 0 aromatic heterocycles. The van der Waals surface area contributed by atoms with Crippen LogP contribution in [0.5, 0.6) is 23.0 Å². The van der Waals surface area contributed by atoms with E-state index in [1.807, 2.05) is 48.6 Å². The van der Waals surface area contributed by atoms with Crippen molar-refractivity contribution in [1.82, 2.24) is 0 Å². The van der Waals surface area contributed by atoms with Crippen LogP contribution in [0.3, 0.4) is 0 Å². The van der Waals surface area contributed by atoms with Crippen molar-refractivity contribution in [2.24, 2.45) is 5.92 Å². The first-order valence-corrected chi connectivity index (χ1v) is 10.4. The highest BCUT2D eigenvalue weighted by atomic mass is 16.5. The third-order valence-corrected chi connectivity index (χ3v) is 5.70. The van der Waals surface area contributed by atoms with Crippen molar-refractivity contribution in [2.45, 2.75) is 26.2 Å². The highest BCUT2D eigenvalue weighted by molar-refractivity contribution is 6.14. The van der Waals surface area contributed by atoms with E-state index in [0.29, 0.717) is 28.9 Å². The van der Waals surface area contributed by atoms with Crippen molar-refractivity contribution < 1.29 is 23.7 Å². The van der Waals surface area contributed by atoms with E-state index < -0.39 is 0 Å². The molecule has 1 fully saturated rings. The van der Waals surface area contributed by atoms with Crippen LogP contribution in [-0.2, 0) is 4.79 Å². The van der Waals surface area contributed by atoms with Gasteiger partial charge in [0.2, 0.25) is 0 Å². The van der Waals surface area contributed by atoms with Gasteiger partial charge in [-0.25, -0.2) is 0 Å². The van der Waals surface area contributed by atoms with Gasteiger partial charge >= 0.3 is 0 Å². The summed E-state index contributed by atoms with van der Waals surface area (Å²) in [6.07, 6.45) is 6.33. The number of benzene rings is 2. The number of rotatable bonds is 7. The molecular weight excluding hydrogens is 392 g/mol. The van der Waals surface area contributed by atoms with Gasteiger partial charge in [0.05, 0.1) is 28.4 Å². The molecule has 0 atom stereocenters. The molecular formula is C26H30O5. The summed E-state index contributed by atoms with van der Waals surface area (Å²) in [7, 11) is 6.43. The van der Waals surface area contributed by atoms with Crippen LogP contribution in [0.1, 0.15) is 37.3 Å². The average Bonchev–Trinajstić information content (AvgIpc) is 2.80. The minimum absolute atomic E-state index is 0.0550. The van der Waals surface area contributed by atoms with Crippen LogP contribution >= 0.6 is 0 Å². The predicted octanol–water partition coefficient (Wildman–Crippen LogP) is 5.58. The van der Waals surface area contributed by atoms with Gasteiger partial charge in [0.1, 0.15) is 0 Å². The van der Waals surface area contributed by atoms with Crippen LogP contribution in [0.25, 0.3) is 12.2 Å². The van der Waals surface area contributed by atoms with E-state index in [2.05, 4.69) is 6.92 Å². The lowest BCUT2D eigenvalue weighted by Gasteiger charge is -2.25. The second-order valence-electron chi connectivity index (χ2n) is 7.52. The van der Waals surface area contributed by atoms with Crippen molar-refractivity contribution in [1.29, 1.82) is 0 Å². The molecule has 1 saturated carbocycles. The van der Waals surface area contributed by atoms with Crippen LogP contribution in [0.15, 0.2) is 47.5 Å². The first kappa shape index (κ1) is 22.5. The predicted molar refractivity (Wildman–Crippen MR) is 123 cm³/mol.